The number of aliphatic carboxylic acids is 1. The van der Waals surface area contributed by atoms with Crippen molar-refractivity contribution in [3.63, 3.8) is 0 Å². The van der Waals surface area contributed by atoms with Gasteiger partial charge in [-0.2, -0.15) is 0 Å². The average molecular weight is 208 g/mol. The van der Waals surface area contributed by atoms with E-state index >= 15 is 0 Å². The Hall–Kier alpha value is -2.11. The van der Waals surface area contributed by atoms with Crippen molar-refractivity contribution in [1.29, 1.82) is 0 Å². The van der Waals surface area contributed by atoms with E-state index in [0.29, 0.717) is 11.3 Å². The number of H-pyrrole nitrogens is 1. The Morgan fingerprint density at radius 1 is 1.60 bits per heavy atom. The molecule has 6 heteroatoms. The summed E-state index contributed by atoms with van der Waals surface area (Å²) in [7, 11) is 0. The molecule has 0 amide bonds. The lowest BCUT2D eigenvalue weighted by Crippen LogP contribution is -2.11. The molecule has 0 saturated heterocycles. The van der Waals surface area contributed by atoms with Crippen molar-refractivity contribution in [3.05, 3.63) is 28.5 Å². The van der Waals surface area contributed by atoms with Gasteiger partial charge in [-0.3, -0.25) is 9.59 Å². The molecule has 15 heavy (non-hydrogen) atoms. The molecule has 0 radical (unpaired) electrons. The summed E-state index contributed by atoms with van der Waals surface area (Å²) < 4.78 is 4.91. The van der Waals surface area contributed by atoms with Gasteiger partial charge in [-0.25, -0.2) is 4.98 Å². The van der Waals surface area contributed by atoms with Crippen LogP contribution in [0.2, 0.25) is 0 Å². The highest BCUT2D eigenvalue weighted by atomic mass is 16.4. The van der Waals surface area contributed by atoms with Crippen LogP contribution in [0.25, 0.3) is 11.1 Å². The van der Waals surface area contributed by atoms with Gasteiger partial charge in [-0.15, -0.1) is 0 Å². The predicted octanol–water partition coefficient (Wildman–Crippen LogP) is 0.533. The molecule has 0 aliphatic heterocycles. The molecule has 0 saturated carbocycles. The second-order valence-electron chi connectivity index (χ2n) is 3.04. The van der Waals surface area contributed by atoms with E-state index in [4.69, 9.17) is 9.52 Å². The number of furan rings is 1. The number of aromatic nitrogens is 2. The standard InChI is InChI=1S/C9H8N2O4/c12-7(13)2-1-6-10-5-3-4-15-8(5)9(14)11-6/h3-4H,1-2H2,(H,12,13)(H,10,11,14). The first-order valence-corrected chi connectivity index (χ1v) is 4.35. The largest absolute Gasteiger partial charge is 0.481 e. The number of carboxylic acids is 1. The number of hydrogen-bond acceptors (Lipinski definition) is 4. The maximum Gasteiger partial charge on any atom is 0.303 e. The SMILES string of the molecule is O=C(O)CCc1nc2ccoc2c(=O)[nH]1. The third-order valence-electron chi connectivity index (χ3n) is 1.94. The van der Waals surface area contributed by atoms with Crippen LogP contribution in [0.3, 0.4) is 0 Å². The maximum absolute atomic E-state index is 11.4. The topological polar surface area (TPSA) is 96.2 Å². The molecule has 6 nitrogen and oxygen atoms in total. The van der Waals surface area contributed by atoms with E-state index in [-0.39, 0.29) is 24.0 Å². The summed E-state index contributed by atoms with van der Waals surface area (Å²) in [5.41, 5.74) is 0.221. The van der Waals surface area contributed by atoms with Gasteiger partial charge in [0.15, 0.2) is 0 Å². The van der Waals surface area contributed by atoms with Crippen molar-refractivity contribution >= 4 is 17.1 Å². The van der Waals surface area contributed by atoms with E-state index in [1.54, 1.807) is 6.07 Å². The number of nitrogens with zero attached hydrogens (tertiary/aromatic N) is 1. The molecule has 2 aromatic rings. The molecular weight excluding hydrogens is 200 g/mol. The van der Waals surface area contributed by atoms with Crippen LogP contribution in [0.1, 0.15) is 12.2 Å². The van der Waals surface area contributed by atoms with Crippen LogP contribution in [0.5, 0.6) is 0 Å². The Kier molecular flexibility index (Phi) is 2.24. The number of aryl methyl sites for hydroxylation is 1. The number of carbonyl (C=O) groups is 1. The molecule has 0 atom stereocenters. The number of hydrogen-bond donors (Lipinski definition) is 2. The van der Waals surface area contributed by atoms with Gasteiger partial charge in [0, 0.05) is 12.5 Å². The molecule has 2 heterocycles. The molecule has 0 bridgehead atoms. The Labute approximate surface area is 83.6 Å². The van der Waals surface area contributed by atoms with Crippen LogP contribution < -0.4 is 5.56 Å². The van der Waals surface area contributed by atoms with Crippen LogP contribution in [-0.4, -0.2) is 21.0 Å². The molecule has 0 fully saturated rings. The monoisotopic (exact) mass is 208 g/mol. The molecule has 0 aliphatic rings. The van der Waals surface area contributed by atoms with Gasteiger partial charge in [0.05, 0.1) is 12.7 Å². The summed E-state index contributed by atoms with van der Waals surface area (Å²) in [6.07, 6.45) is 1.51. The van der Waals surface area contributed by atoms with Gasteiger partial charge in [-0.1, -0.05) is 0 Å². The van der Waals surface area contributed by atoms with Crippen molar-refractivity contribution in [2.75, 3.05) is 0 Å². The van der Waals surface area contributed by atoms with E-state index in [9.17, 15) is 9.59 Å². The minimum atomic E-state index is -0.926. The lowest BCUT2D eigenvalue weighted by atomic mass is 10.3. The van der Waals surface area contributed by atoms with E-state index in [0.717, 1.165) is 0 Å². The first-order chi connectivity index (χ1) is 7.16. The number of fused-ring (bicyclic) bond motifs is 1. The van der Waals surface area contributed by atoms with Crippen LogP contribution in [0.4, 0.5) is 0 Å². The van der Waals surface area contributed by atoms with Crippen molar-refractivity contribution in [3.8, 4) is 0 Å². The fraction of sp³-hybridized carbons (Fsp3) is 0.222. The highest BCUT2D eigenvalue weighted by Gasteiger charge is 2.07. The van der Waals surface area contributed by atoms with Crippen molar-refractivity contribution in [1.82, 2.24) is 9.97 Å². The summed E-state index contributed by atoms with van der Waals surface area (Å²) in [4.78, 5) is 28.2. The molecule has 2 aromatic heterocycles. The summed E-state index contributed by atoms with van der Waals surface area (Å²) in [6, 6.07) is 1.56. The summed E-state index contributed by atoms with van der Waals surface area (Å²) in [6.45, 7) is 0. The predicted molar refractivity (Wildman–Crippen MR) is 50.6 cm³/mol. The van der Waals surface area contributed by atoms with E-state index in [1.807, 2.05) is 0 Å². The fourth-order valence-electron chi connectivity index (χ4n) is 1.27. The number of aromatic amines is 1. The highest BCUT2D eigenvalue weighted by molar-refractivity contribution is 5.71. The number of rotatable bonds is 3. The van der Waals surface area contributed by atoms with Crippen LogP contribution in [-0.2, 0) is 11.2 Å². The van der Waals surface area contributed by atoms with E-state index in [2.05, 4.69) is 9.97 Å². The summed E-state index contributed by atoms with van der Waals surface area (Å²) in [5, 5.41) is 8.48. The van der Waals surface area contributed by atoms with Gasteiger partial charge in [0.2, 0.25) is 5.58 Å². The molecule has 0 unspecified atom stereocenters. The molecule has 0 spiro atoms. The van der Waals surface area contributed by atoms with Gasteiger partial charge in [0.25, 0.3) is 5.56 Å². The van der Waals surface area contributed by atoms with Crippen molar-refractivity contribution in [2.45, 2.75) is 12.8 Å². The lowest BCUT2D eigenvalue weighted by molar-refractivity contribution is -0.137. The molecule has 2 rings (SSSR count). The number of carboxylic acid groups (broad SMARTS) is 1. The second kappa shape index (κ2) is 3.56. The molecule has 2 N–H and O–H groups in total. The summed E-state index contributed by atoms with van der Waals surface area (Å²) in [5.74, 6) is -0.568. The zero-order valence-corrected chi connectivity index (χ0v) is 7.69. The van der Waals surface area contributed by atoms with Crippen LogP contribution >= 0.6 is 0 Å². The Morgan fingerprint density at radius 3 is 3.13 bits per heavy atom. The van der Waals surface area contributed by atoms with Crippen LogP contribution in [0.15, 0.2) is 21.5 Å². The summed E-state index contributed by atoms with van der Waals surface area (Å²) >= 11 is 0. The zero-order chi connectivity index (χ0) is 10.8. The van der Waals surface area contributed by atoms with Gasteiger partial charge in [0.1, 0.15) is 11.3 Å². The van der Waals surface area contributed by atoms with Crippen LogP contribution in [0, 0.1) is 0 Å². The highest BCUT2D eigenvalue weighted by Crippen LogP contribution is 2.07. The first kappa shape index (κ1) is 9.45. The Bertz CT molecular complexity index is 554. The zero-order valence-electron chi connectivity index (χ0n) is 7.69. The van der Waals surface area contributed by atoms with Gasteiger partial charge >= 0.3 is 5.97 Å². The smallest absolute Gasteiger partial charge is 0.303 e. The third-order valence-corrected chi connectivity index (χ3v) is 1.94. The Balaban J connectivity index is 2.36. The molecule has 0 aliphatic carbocycles. The minimum Gasteiger partial charge on any atom is -0.481 e. The Morgan fingerprint density at radius 2 is 2.40 bits per heavy atom. The third kappa shape index (κ3) is 1.88. The van der Waals surface area contributed by atoms with E-state index in [1.165, 1.54) is 6.26 Å². The quantitative estimate of drug-likeness (QED) is 0.767. The molecule has 78 valence electrons. The lowest BCUT2D eigenvalue weighted by Gasteiger charge is -1.97. The number of nitrogens with one attached hydrogen (secondary N) is 1. The average Bonchev–Trinajstić information content (AvgIpc) is 2.63. The molecular formula is C9H8N2O4. The maximum atomic E-state index is 11.4. The van der Waals surface area contributed by atoms with Gasteiger partial charge < -0.3 is 14.5 Å². The van der Waals surface area contributed by atoms with Gasteiger partial charge in [-0.05, 0) is 0 Å². The molecule has 0 aromatic carbocycles. The minimum absolute atomic E-state index is 0.0632. The normalized spacial score (nSPS) is 10.7. The van der Waals surface area contributed by atoms with Crippen molar-refractivity contribution in [2.24, 2.45) is 0 Å². The first-order valence-electron chi connectivity index (χ1n) is 4.35. The second-order valence-corrected chi connectivity index (χ2v) is 3.04. The van der Waals surface area contributed by atoms with E-state index < -0.39 is 5.97 Å². The fourth-order valence-corrected chi connectivity index (χ4v) is 1.27. The van der Waals surface area contributed by atoms with Crippen molar-refractivity contribution < 1.29 is 14.3 Å².